The average molecular weight is 293 g/mol. The third-order valence-corrected chi connectivity index (χ3v) is 4.97. The van der Waals surface area contributed by atoms with Gasteiger partial charge in [-0.25, -0.2) is 0 Å². The number of thiophene rings is 1. The van der Waals surface area contributed by atoms with Crippen LogP contribution in [0, 0.1) is 5.92 Å². The maximum atomic E-state index is 12.3. The van der Waals surface area contributed by atoms with Crippen LogP contribution in [0.2, 0.25) is 0 Å². The number of hydrogen-bond donors (Lipinski definition) is 2. The van der Waals surface area contributed by atoms with E-state index >= 15 is 0 Å². The highest BCUT2D eigenvalue weighted by Crippen LogP contribution is 2.35. The maximum Gasteiger partial charge on any atom is 0.254 e. The fourth-order valence-corrected chi connectivity index (χ4v) is 4.04. The smallest absolute Gasteiger partial charge is 0.254 e. The van der Waals surface area contributed by atoms with E-state index in [9.17, 15) is 4.79 Å². The first kappa shape index (κ1) is 13.9. The van der Waals surface area contributed by atoms with Crippen LogP contribution < -0.4 is 11.1 Å². The van der Waals surface area contributed by atoms with Crippen molar-refractivity contribution in [3.63, 3.8) is 0 Å². The molecule has 4 nitrogen and oxygen atoms in total. The highest BCUT2D eigenvalue weighted by atomic mass is 32.1. The van der Waals surface area contributed by atoms with Gasteiger partial charge in [-0.15, -0.1) is 11.3 Å². The maximum absolute atomic E-state index is 12.3. The molecule has 1 saturated carbocycles. The fraction of sp³-hybridized carbons (Fsp3) is 0.667. The van der Waals surface area contributed by atoms with Crippen molar-refractivity contribution in [3.8, 4) is 0 Å². The second-order valence-electron chi connectivity index (χ2n) is 6.37. The van der Waals surface area contributed by atoms with E-state index in [0.29, 0.717) is 17.0 Å². The molecule has 1 aromatic heterocycles. The molecule has 0 bridgehead atoms. The number of nitrogens with zero attached hydrogens (tertiary/aromatic N) is 1. The highest BCUT2D eigenvalue weighted by molar-refractivity contribution is 7.16. The summed E-state index contributed by atoms with van der Waals surface area (Å²) < 4.78 is 0. The van der Waals surface area contributed by atoms with E-state index in [1.54, 1.807) is 11.3 Å². The Balaban J connectivity index is 1.77. The SMILES string of the molecule is CC(C)CN1CCc2c(sc(N)c2C(=O)NC2CC2)C1. The van der Waals surface area contributed by atoms with Crippen molar-refractivity contribution in [2.45, 2.75) is 45.7 Å². The molecule has 110 valence electrons. The normalized spacial score (nSPS) is 19.1. The Morgan fingerprint density at radius 1 is 1.50 bits per heavy atom. The lowest BCUT2D eigenvalue weighted by atomic mass is 10.0. The number of nitrogen functional groups attached to an aromatic ring is 1. The molecule has 0 spiro atoms. The Kier molecular flexibility index (Phi) is 3.73. The van der Waals surface area contributed by atoms with Crippen LogP contribution in [0.25, 0.3) is 0 Å². The zero-order valence-electron chi connectivity index (χ0n) is 12.2. The van der Waals surface area contributed by atoms with Crippen LogP contribution in [0.4, 0.5) is 5.00 Å². The second-order valence-corrected chi connectivity index (χ2v) is 7.51. The molecule has 1 aliphatic carbocycles. The lowest BCUT2D eigenvalue weighted by molar-refractivity contribution is 0.0950. The lowest BCUT2D eigenvalue weighted by Gasteiger charge is -2.28. The van der Waals surface area contributed by atoms with Crippen LogP contribution in [0.3, 0.4) is 0 Å². The Hall–Kier alpha value is -1.07. The number of nitrogens with one attached hydrogen (secondary N) is 1. The molecule has 0 aromatic carbocycles. The number of fused-ring (bicyclic) bond motifs is 1. The summed E-state index contributed by atoms with van der Waals surface area (Å²) in [6, 6.07) is 0.387. The number of carbonyl (C=O) groups excluding carboxylic acids is 1. The van der Waals surface area contributed by atoms with Gasteiger partial charge < -0.3 is 11.1 Å². The Morgan fingerprint density at radius 3 is 2.90 bits per heavy atom. The molecule has 0 radical (unpaired) electrons. The molecule has 3 rings (SSSR count). The summed E-state index contributed by atoms with van der Waals surface area (Å²) >= 11 is 1.60. The van der Waals surface area contributed by atoms with Crippen molar-refractivity contribution in [3.05, 3.63) is 16.0 Å². The molecule has 0 atom stereocenters. The van der Waals surface area contributed by atoms with E-state index in [1.807, 2.05) is 0 Å². The Morgan fingerprint density at radius 2 is 2.25 bits per heavy atom. The summed E-state index contributed by atoms with van der Waals surface area (Å²) in [6.07, 6.45) is 3.17. The van der Waals surface area contributed by atoms with E-state index in [4.69, 9.17) is 5.73 Å². The summed E-state index contributed by atoms with van der Waals surface area (Å²) in [4.78, 5) is 16.1. The number of amides is 1. The monoisotopic (exact) mass is 293 g/mol. The van der Waals surface area contributed by atoms with Crippen LogP contribution in [0.15, 0.2) is 0 Å². The van der Waals surface area contributed by atoms with E-state index in [0.717, 1.165) is 44.5 Å². The third-order valence-electron chi connectivity index (χ3n) is 3.93. The third kappa shape index (κ3) is 2.83. The van der Waals surface area contributed by atoms with Gasteiger partial charge in [0.25, 0.3) is 5.91 Å². The molecule has 0 unspecified atom stereocenters. The summed E-state index contributed by atoms with van der Waals surface area (Å²) in [5, 5.41) is 3.76. The molecular weight excluding hydrogens is 270 g/mol. The number of anilines is 1. The first-order chi connectivity index (χ1) is 9.54. The predicted octanol–water partition coefficient (Wildman–Crippen LogP) is 2.24. The molecule has 5 heteroatoms. The molecule has 2 aliphatic rings. The van der Waals surface area contributed by atoms with Crippen molar-refractivity contribution < 1.29 is 4.79 Å². The number of nitrogens with two attached hydrogens (primary N) is 1. The first-order valence-corrected chi connectivity index (χ1v) is 8.29. The van der Waals surface area contributed by atoms with Gasteiger partial charge in [-0.1, -0.05) is 13.8 Å². The van der Waals surface area contributed by atoms with Gasteiger partial charge in [0.15, 0.2) is 0 Å². The van der Waals surface area contributed by atoms with Crippen LogP contribution in [0.5, 0.6) is 0 Å². The molecule has 20 heavy (non-hydrogen) atoms. The zero-order valence-corrected chi connectivity index (χ0v) is 13.1. The van der Waals surface area contributed by atoms with Gasteiger partial charge in [0, 0.05) is 30.6 Å². The van der Waals surface area contributed by atoms with E-state index in [2.05, 4.69) is 24.1 Å². The first-order valence-electron chi connectivity index (χ1n) is 7.47. The zero-order chi connectivity index (χ0) is 14.3. The van der Waals surface area contributed by atoms with Crippen molar-refractivity contribution in [1.29, 1.82) is 0 Å². The number of carbonyl (C=O) groups is 1. The lowest BCUT2D eigenvalue weighted by Crippen LogP contribution is -2.34. The minimum atomic E-state index is 0.0415. The van der Waals surface area contributed by atoms with Crippen molar-refractivity contribution in [1.82, 2.24) is 10.2 Å². The van der Waals surface area contributed by atoms with E-state index < -0.39 is 0 Å². The fourth-order valence-electron chi connectivity index (χ4n) is 2.88. The second kappa shape index (κ2) is 5.37. The highest BCUT2D eigenvalue weighted by Gasteiger charge is 2.30. The van der Waals surface area contributed by atoms with Gasteiger partial charge in [-0.3, -0.25) is 9.69 Å². The van der Waals surface area contributed by atoms with Crippen LogP contribution in [-0.4, -0.2) is 29.9 Å². The summed E-state index contributed by atoms with van der Waals surface area (Å²) in [5.74, 6) is 0.714. The van der Waals surface area contributed by atoms with Crippen LogP contribution >= 0.6 is 11.3 Å². The standard InChI is InChI=1S/C15H23N3OS/c1-9(2)7-18-6-5-11-12(8-18)20-14(16)13(11)15(19)17-10-3-4-10/h9-10H,3-8,16H2,1-2H3,(H,17,19). The predicted molar refractivity (Wildman–Crippen MR) is 83.0 cm³/mol. The minimum absolute atomic E-state index is 0.0415. The Bertz CT molecular complexity index is 519. The molecule has 0 saturated heterocycles. The Labute approximate surface area is 124 Å². The topological polar surface area (TPSA) is 58.4 Å². The molecule has 1 fully saturated rings. The van der Waals surface area contributed by atoms with E-state index in [1.165, 1.54) is 10.4 Å². The summed E-state index contributed by atoms with van der Waals surface area (Å²) in [6.45, 7) is 7.57. The van der Waals surface area contributed by atoms with Crippen molar-refractivity contribution in [2.75, 3.05) is 18.8 Å². The molecule has 1 aromatic rings. The molecule has 1 amide bonds. The van der Waals surface area contributed by atoms with Gasteiger partial charge in [0.1, 0.15) is 0 Å². The van der Waals surface area contributed by atoms with Gasteiger partial charge in [0.05, 0.1) is 10.6 Å². The molecular formula is C15H23N3OS. The molecule has 1 aliphatic heterocycles. The number of rotatable bonds is 4. The van der Waals surface area contributed by atoms with E-state index in [-0.39, 0.29) is 5.91 Å². The van der Waals surface area contributed by atoms with Crippen molar-refractivity contribution >= 4 is 22.2 Å². The molecule has 3 N–H and O–H groups in total. The van der Waals surface area contributed by atoms with Crippen molar-refractivity contribution in [2.24, 2.45) is 5.92 Å². The quantitative estimate of drug-likeness (QED) is 0.895. The van der Waals surface area contributed by atoms with Gasteiger partial charge in [-0.05, 0) is 30.7 Å². The summed E-state index contributed by atoms with van der Waals surface area (Å²) in [7, 11) is 0. The number of hydrogen-bond acceptors (Lipinski definition) is 4. The van der Waals surface area contributed by atoms with Crippen LogP contribution in [0.1, 0.15) is 47.5 Å². The van der Waals surface area contributed by atoms with Crippen LogP contribution in [-0.2, 0) is 13.0 Å². The molecule has 2 heterocycles. The summed E-state index contributed by atoms with van der Waals surface area (Å²) in [5.41, 5.74) is 8.07. The largest absolute Gasteiger partial charge is 0.390 e. The minimum Gasteiger partial charge on any atom is -0.390 e. The van der Waals surface area contributed by atoms with Gasteiger partial charge in [0.2, 0.25) is 0 Å². The average Bonchev–Trinajstić information content (AvgIpc) is 3.09. The van der Waals surface area contributed by atoms with Gasteiger partial charge >= 0.3 is 0 Å². The van der Waals surface area contributed by atoms with Gasteiger partial charge in [-0.2, -0.15) is 0 Å².